The fraction of sp³-hybridized carbons (Fsp3) is 0.609. The van der Waals surface area contributed by atoms with Crippen molar-refractivity contribution in [2.75, 3.05) is 31.1 Å². The summed E-state index contributed by atoms with van der Waals surface area (Å²) in [6.45, 7) is 8.34. The number of fused-ring (bicyclic) bond motifs is 2. The summed E-state index contributed by atoms with van der Waals surface area (Å²) in [4.78, 5) is 14.5. The Morgan fingerprint density at radius 2 is 1.94 bits per heavy atom. The minimum atomic E-state index is -4.22. The molecular formula is C23H29F3N6S. The number of aryl methyl sites for hydroxylation is 1. The van der Waals surface area contributed by atoms with E-state index in [1.54, 1.807) is 6.07 Å². The molecule has 10 heteroatoms. The number of anilines is 1. The van der Waals surface area contributed by atoms with Crippen LogP contribution in [0, 0.1) is 17.8 Å². The van der Waals surface area contributed by atoms with Gasteiger partial charge in [0.1, 0.15) is 17.0 Å². The molecule has 6 nitrogen and oxygen atoms in total. The number of rotatable bonds is 5. The number of likely N-dealkylation sites (tertiary alicyclic amines) is 1. The minimum absolute atomic E-state index is 0.290. The van der Waals surface area contributed by atoms with Gasteiger partial charge in [-0.3, -0.25) is 9.58 Å². The third-order valence-corrected chi connectivity index (χ3v) is 8.00. The maximum atomic E-state index is 12.9. The third kappa shape index (κ3) is 4.59. The van der Waals surface area contributed by atoms with E-state index in [1.807, 2.05) is 17.9 Å². The smallest absolute Gasteiger partial charge is 0.355 e. The maximum absolute atomic E-state index is 12.9. The third-order valence-electron chi connectivity index (χ3n) is 6.96. The highest BCUT2D eigenvalue weighted by atomic mass is 32.1. The van der Waals surface area contributed by atoms with E-state index in [0.29, 0.717) is 33.5 Å². The van der Waals surface area contributed by atoms with E-state index in [4.69, 9.17) is 0 Å². The Kier molecular flexibility index (Phi) is 5.84. The predicted molar refractivity (Wildman–Crippen MR) is 123 cm³/mol. The van der Waals surface area contributed by atoms with Crippen LogP contribution >= 0.6 is 11.3 Å². The molecule has 3 aromatic rings. The molecule has 1 unspecified atom stereocenters. The number of nitrogens with zero attached hydrogens (tertiary/aromatic N) is 6. The number of hydrogen-bond acceptors (Lipinski definition) is 6. The van der Waals surface area contributed by atoms with E-state index in [9.17, 15) is 13.2 Å². The summed E-state index contributed by atoms with van der Waals surface area (Å²) in [7, 11) is 1.95. The number of halogens is 3. The predicted octanol–water partition coefficient (Wildman–Crippen LogP) is 4.69. The van der Waals surface area contributed by atoms with E-state index in [1.165, 1.54) is 11.9 Å². The van der Waals surface area contributed by atoms with Crippen molar-refractivity contribution >= 4 is 27.4 Å². The van der Waals surface area contributed by atoms with Crippen molar-refractivity contribution in [3.05, 3.63) is 35.2 Å². The van der Waals surface area contributed by atoms with Crippen LogP contribution in [0.25, 0.3) is 10.2 Å². The van der Waals surface area contributed by atoms with Crippen LogP contribution in [0.1, 0.15) is 36.8 Å². The van der Waals surface area contributed by atoms with Gasteiger partial charge in [-0.2, -0.15) is 18.3 Å². The normalized spacial score (nSPS) is 22.9. The number of piperidine rings is 1. The molecule has 5 rings (SSSR count). The molecule has 3 aromatic heterocycles. The van der Waals surface area contributed by atoms with Gasteiger partial charge in [0.2, 0.25) is 0 Å². The summed E-state index contributed by atoms with van der Waals surface area (Å²) in [6.07, 6.45) is 1.55. The number of alkyl halides is 3. The molecule has 3 atom stereocenters. The average molecular weight is 479 g/mol. The van der Waals surface area contributed by atoms with Crippen LogP contribution in [0.4, 0.5) is 19.0 Å². The van der Waals surface area contributed by atoms with E-state index in [-0.39, 0.29) is 0 Å². The second-order valence-corrected chi connectivity index (χ2v) is 10.9. The molecule has 2 saturated heterocycles. The Bertz CT molecular complexity index is 1120. The fourth-order valence-corrected chi connectivity index (χ4v) is 6.68. The van der Waals surface area contributed by atoms with E-state index in [0.717, 1.165) is 55.1 Å². The molecule has 0 aromatic carbocycles. The Hall–Kier alpha value is -2.20. The van der Waals surface area contributed by atoms with Crippen LogP contribution in [0.3, 0.4) is 0 Å². The van der Waals surface area contributed by atoms with Crippen LogP contribution in [-0.2, 0) is 13.5 Å². The van der Waals surface area contributed by atoms with Crippen LogP contribution in [0.15, 0.2) is 24.8 Å². The molecule has 5 heterocycles. The van der Waals surface area contributed by atoms with Crippen molar-refractivity contribution < 1.29 is 13.2 Å². The van der Waals surface area contributed by atoms with Gasteiger partial charge in [-0.1, -0.05) is 13.8 Å². The Balaban J connectivity index is 1.35. The Morgan fingerprint density at radius 1 is 1.15 bits per heavy atom. The summed E-state index contributed by atoms with van der Waals surface area (Å²) in [6, 6.07) is 1.97. The molecule has 0 aliphatic carbocycles. The Labute approximate surface area is 195 Å². The van der Waals surface area contributed by atoms with Gasteiger partial charge in [0, 0.05) is 49.4 Å². The number of hydrogen-bond donors (Lipinski definition) is 0. The van der Waals surface area contributed by atoms with Gasteiger partial charge in [-0.05, 0) is 36.8 Å². The first-order chi connectivity index (χ1) is 15.7. The van der Waals surface area contributed by atoms with Crippen molar-refractivity contribution in [1.29, 1.82) is 0 Å². The summed E-state index contributed by atoms with van der Waals surface area (Å²) >= 11 is 1.12. The molecule has 2 aliphatic rings. The summed E-state index contributed by atoms with van der Waals surface area (Å²) < 4.78 is 40.6. The van der Waals surface area contributed by atoms with E-state index >= 15 is 0 Å². The highest BCUT2D eigenvalue weighted by molar-refractivity contribution is 7.18. The SMILES string of the molecule is CC(C)C(c1cnn(C)c1)N1CC[C@@H]2CN(c3ncnc4sc(CC(F)(F)F)cc34)C[C@@H]2C1. The van der Waals surface area contributed by atoms with Gasteiger partial charge in [-0.25, -0.2) is 9.97 Å². The van der Waals surface area contributed by atoms with Crippen molar-refractivity contribution in [2.45, 2.75) is 38.9 Å². The molecule has 2 aliphatic heterocycles. The molecule has 33 heavy (non-hydrogen) atoms. The van der Waals surface area contributed by atoms with Crippen molar-refractivity contribution in [3.63, 3.8) is 0 Å². The molecule has 0 amide bonds. The van der Waals surface area contributed by atoms with E-state index < -0.39 is 12.6 Å². The highest BCUT2D eigenvalue weighted by Crippen LogP contribution is 2.41. The molecule has 178 valence electrons. The zero-order chi connectivity index (χ0) is 23.3. The van der Waals surface area contributed by atoms with Gasteiger partial charge >= 0.3 is 6.18 Å². The first kappa shape index (κ1) is 22.6. The maximum Gasteiger partial charge on any atom is 0.393 e. The van der Waals surface area contributed by atoms with Gasteiger partial charge in [0.15, 0.2) is 0 Å². The monoisotopic (exact) mass is 478 g/mol. The zero-order valence-corrected chi connectivity index (χ0v) is 19.9. The lowest BCUT2D eigenvalue weighted by Crippen LogP contribution is -2.43. The summed E-state index contributed by atoms with van der Waals surface area (Å²) in [5, 5.41) is 5.13. The lowest BCUT2D eigenvalue weighted by Gasteiger charge is -2.40. The average Bonchev–Trinajstić information content (AvgIpc) is 3.43. The van der Waals surface area contributed by atoms with Gasteiger partial charge in [0.05, 0.1) is 18.0 Å². The van der Waals surface area contributed by atoms with Gasteiger partial charge in [0.25, 0.3) is 0 Å². The second kappa shape index (κ2) is 8.54. The van der Waals surface area contributed by atoms with Crippen LogP contribution < -0.4 is 4.90 Å². The molecule has 0 saturated carbocycles. The highest BCUT2D eigenvalue weighted by Gasteiger charge is 2.40. The first-order valence-electron chi connectivity index (χ1n) is 11.5. The zero-order valence-electron chi connectivity index (χ0n) is 19.1. The summed E-state index contributed by atoms with van der Waals surface area (Å²) in [5.41, 5.74) is 1.26. The lowest BCUT2D eigenvalue weighted by molar-refractivity contribution is -0.126. The van der Waals surface area contributed by atoms with Crippen LogP contribution in [-0.4, -0.2) is 57.0 Å². The molecule has 0 N–H and O–H groups in total. The van der Waals surface area contributed by atoms with Crippen molar-refractivity contribution in [3.8, 4) is 0 Å². The molecule has 0 spiro atoms. The van der Waals surface area contributed by atoms with Gasteiger partial charge in [-0.15, -0.1) is 11.3 Å². The molecule has 2 fully saturated rings. The van der Waals surface area contributed by atoms with Crippen LogP contribution in [0.5, 0.6) is 0 Å². The second-order valence-electron chi connectivity index (χ2n) is 9.77. The van der Waals surface area contributed by atoms with Crippen molar-refractivity contribution in [2.24, 2.45) is 24.8 Å². The lowest BCUT2D eigenvalue weighted by atomic mass is 9.85. The quantitative estimate of drug-likeness (QED) is 0.533. The number of aromatic nitrogens is 4. The topological polar surface area (TPSA) is 50.1 Å². The van der Waals surface area contributed by atoms with Crippen molar-refractivity contribution in [1.82, 2.24) is 24.6 Å². The standard InChI is InChI=1S/C23H29F3N6S/c1-14(2)20(16-8-29-30(3)9-16)31-5-4-15-10-32(12-17(15)11-31)21-19-6-18(7-23(24,25)26)33-22(19)28-13-27-21/h6,8-9,13-15,17,20H,4-5,7,10-12H2,1-3H3/t15-,17+,20?/m1/s1. The molecular weight excluding hydrogens is 449 g/mol. The van der Waals surface area contributed by atoms with Crippen LogP contribution in [0.2, 0.25) is 0 Å². The minimum Gasteiger partial charge on any atom is -0.355 e. The molecule has 0 radical (unpaired) electrons. The van der Waals surface area contributed by atoms with E-state index in [2.05, 4.69) is 44.9 Å². The largest absolute Gasteiger partial charge is 0.393 e. The number of thiophene rings is 1. The summed E-state index contributed by atoms with van der Waals surface area (Å²) in [5.74, 6) is 2.33. The Morgan fingerprint density at radius 3 is 2.64 bits per heavy atom. The first-order valence-corrected chi connectivity index (χ1v) is 12.3. The molecule has 0 bridgehead atoms. The van der Waals surface area contributed by atoms with Gasteiger partial charge < -0.3 is 4.90 Å². The fourth-order valence-electron chi connectivity index (χ4n) is 5.66.